The fraction of sp³-hybridized carbons (Fsp3) is 0.231. The zero-order chi connectivity index (χ0) is 13.1. The van der Waals surface area contributed by atoms with Crippen molar-refractivity contribution >= 4 is 27.7 Å². The van der Waals surface area contributed by atoms with E-state index in [9.17, 15) is 5.11 Å². The minimum absolute atomic E-state index is 0.508. The normalized spacial score (nSPS) is 12.4. The van der Waals surface area contributed by atoms with Crippen molar-refractivity contribution in [2.24, 2.45) is 0 Å². The molecule has 0 aliphatic rings. The number of benzene rings is 1. The first-order valence-corrected chi connectivity index (χ1v) is 7.11. The van der Waals surface area contributed by atoms with Gasteiger partial charge in [-0.05, 0) is 48.9 Å². The SMILES string of the molecule is Cc1cnc(Sc2cc(Br)ccc2C(C)O)nc1. The van der Waals surface area contributed by atoms with E-state index in [4.69, 9.17) is 0 Å². The van der Waals surface area contributed by atoms with Crippen molar-refractivity contribution in [3.8, 4) is 0 Å². The number of rotatable bonds is 3. The summed E-state index contributed by atoms with van der Waals surface area (Å²) in [6, 6.07) is 5.79. The first-order valence-electron chi connectivity index (χ1n) is 5.50. The van der Waals surface area contributed by atoms with E-state index in [2.05, 4.69) is 25.9 Å². The molecule has 5 heteroatoms. The number of hydrogen-bond acceptors (Lipinski definition) is 4. The van der Waals surface area contributed by atoms with Crippen LogP contribution in [0.4, 0.5) is 0 Å². The number of aryl methyl sites for hydroxylation is 1. The molecule has 0 radical (unpaired) electrons. The van der Waals surface area contributed by atoms with Crippen molar-refractivity contribution in [2.75, 3.05) is 0 Å². The Balaban J connectivity index is 2.32. The third-order valence-electron chi connectivity index (χ3n) is 2.38. The van der Waals surface area contributed by atoms with Gasteiger partial charge in [0.05, 0.1) is 6.10 Å². The minimum atomic E-state index is -0.508. The van der Waals surface area contributed by atoms with Gasteiger partial charge >= 0.3 is 0 Å². The van der Waals surface area contributed by atoms with Gasteiger partial charge in [0, 0.05) is 21.8 Å². The van der Waals surface area contributed by atoms with E-state index < -0.39 is 6.10 Å². The second-order valence-corrected chi connectivity index (χ2v) is 5.93. The number of halogens is 1. The van der Waals surface area contributed by atoms with Gasteiger partial charge in [-0.3, -0.25) is 0 Å². The maximum Gasteiger partial charge on any atom is 0.192 e. The number of hydrogen-bond donors (Lipinski definition) is 1. The highest BCUT2D eigenvalue weighted by Crippen LogP contribution is 2.33. The molecule has 3 nitrogen and oxygen atoms in total. The fourth-order valence-electron chi connectivity index (χ4n) is 1.47. The van der Waals surface area contributed by atoms with Crippen LogP contribution in [-0.4, -0.2) is 15.1 Å². The smallest absolute Gasteiger partial charge is 0.192 e. The van der Waals surface area contributed by atoms with Gasteiger partial charge in [-0.2, -0.15) is 0 Å². The number of nitrogens with zero attached hydrogens (tertiary/aromatic N) is 2. The highest BCUT2D eigenvalue weighted by Gasteiger charge is 2.11. The molecule has 2 aromatic rings. The van der Waals surface area contributed by atoms with Crippen LogP contribution in [0.5, 0.6) is 0 Å². The van der Waals surface area contributed by atoms with E-state index in [1.807, 2.05) is 25.1 Å². The van der Waals surface area contributed by atoms with Gasteiger partial charge in [0.15, 0.2) is 5.16 Å². The van der Waals surface area contributed by atoms with E-state index in [-0.39, 0.29) is 0 Å². The Kier molecular flexibility index (Phi) is 4.37. The average molecular weight is 325 g/mol. The average Bonchev–Trinajstić information content (AvgIpc) is 2.32. The molecule has 2 rings (SSSR count). The summed E-state index contributed by atoms with van der Waals surface area (Å²) in [5.74, 6) is 0. The molecule has 94 valence electrons. The molecule has 0 aliphatic heterocycles. The molecule has 1 N–H and O–H groups in total. The molecule has 18 heavy (non-hydrogen) atoms. The number of aliphatic hydroxyl groups excluding tert-OH is 1. The molecular formula is C13H13BrN2OS. The predicted molar refractivity (Wildman–Crippen MR) is 75.7 cm³/mol. The van der Waals surface area contributed by atoms with Crippen molar-refractivity contribution in [2.45, 2.75) is 30.0 Å². The lowest BCUT2D eigenvalue weighted by molar-refractivity contribution is 0.196. The van der Waals surface area contributed by atoms with Gasteiger partial charge in [0.25, 0.3) is 0 Å². The molecule has 1 atom stereocenters. The Hall–Kier alpha value is -0.910. The minimum Gasteiger partial charge on any atom is -0.389 e. The van der Waals surface area contributed by atoms with Gasteiger partial charge in [0.2, 0.25) is 0 Å². The third-order valence-corrected chi connectivity index (χ3v) is 3.84. The van der Waals surface area contributed by atoms with E-state index >= 15 is 0 Å². The van der Waals surface area contributed by atoms with E-state index in [1.54, 1.807) is 19.3 Å². The Morgan fingerprint density at radius 3 is 2.56 bits per heavy atom. The van der Waals surface area contributed by atoms with Gasteiger partial charge < -0.3 is 5.11 Å². The van der Waals surface area contributed by atoms with Crippen LogP contribution in [0.2, 0.25) is 0 Å². The van der Waals surface area contributed by atoms with Crippen molar-refractivity contribution in [1.29, 1.82) is 0 Å². The molecule has 0 saturated carbocycles. The molecule has 0 spiro atoms. The quantitative estimate of drug-likeness (QED) is 0.873. The molecule has 0 saturated heterocycles. The molecule has 1 aromatic heterocycles. The van der Waals surface area contributed by atoms with Crippen LogP contribution in [0.25, 0.3) is 0 Å². The van der Waals surface area contributed by atoms with Crippen LogP contribution in [0.1, 0.15) is 24.2 Å². The summed E-state index contributed by atoms with van der Waals surface area (Å²) < 4.78 is 0.974. The summed E-state index contributed by atoms with van der Waals surface area (Å²) in [5, 5.41) is 10.4. The summed E-state index contributed by atoms with van der Waals surface area (Å²) in [7, 11) is 0. The van der Waals surface area contributed by atoms with Crippen LogP contribution in [0, 0.1) is 6.92 Å². The van der Waals surface area contributed by atoms with Crippen LogP contribution in [0.3, 0.4) is 0 Å². The molecule has 0 amide bonds. The van der Waals surface area contributed by atoms with Crippen LogP contribution < -0.4 is 0 Å². The Bertz CT molecular complexity index is 543. The van der Waals surface area contributed by atoms with Crippen molar-refractivity contribution < 1.29 is 5.11 Å². The summed E-state index contributed by atoms with van der Waals surface area (Å²) >= 11 is 4.89. The monoisotopic (exact) mass is 324 g/mol. The first kappa shape index (κ1) is 13.5. The molecule has 0 aliphatic carbocycles. The van der Waals surface area contributed by atoms with Crippen molar-refractivity contribution in [3.63, 3.8) is 0 Å². The highest BCUT2D eigenvalue weighted by molar-refractivity contribution is 9.10. The standard InChI is InChI=1S/C13H13BrN2OS/c1-8-6-15-13(16-7-8)18-12-5-10(14)3-4-11(12)9(2)17/h3-7,9,17H,1-2H3. The maximum atomic E-state index is 9.75. The van der Waals surface area contributed by atoms with Crippen LogP contribution in [0.15, 0.2) is 45.1 Å². The van der Waals surface area contributed by atoms with E-state index in [1.165, 1.54) is 11.8 Å². The van der Waals surface area contributed by atoms with Crippen molar-refractivity contribution in [1.82, 2.24) is 9.97 Å². The summed E-state index contributed by atoms with van der Waals surface area (Å²) in [6.07, 6.45) is 3.07. The van der Waals surface area contributed by atoms with E-state index in [0.717, 1.165) is 20.5 Å². The zero-order valence-electron chi connectivity index (χ0n) is 10.1. The fourth-order valence-corrected chi connectivity index (χ4v) is 2.94. The summed E-state index contributed by atoms with van der Waals surface area (Å²) in [6.45, 7) is 3.71. The van der Waals surface area contributed by atoms with Gasteiger partial charge in [0.1, 0.15) is 0 Å². The first-order chi connectivity index (χ1) is 8.56. The molecule has 1 aromatic carbocycles. The lowest BCUT2D eigenvalue weighted by Crippen LogP contribution is -1.95. The van der Waals surface area contributed by atoms with E-state index in [0.29, 0.717) is 5.16 Å². The van der Waals surface area contributed by atoms with Gasteiger partial charge in [-0.15, -0.1) is 0 Å². The van der Waals surface area contributed by atoms with Gasteiger partial charge in [-0.1, -0.05) is 22.0 Å². The Morgan fingerprint density at radius 2 is 1.94 bits per heavy atom. The molecule has 0 fully saturated rings. The second kappa shape index (κ2) is 5.82. The Labute approximate surface area is 119 Å². The summed E-state index contributed by atoms with van der Waals surface area (Å²) in [4.78, 5) is 9.48. The predicted octanol–water partition coefficient (Wildman–Crippen LogP) is 3.75. The van der Waals surface area contributed by atoms with Gasteiger partial charge in [-0.25, -0.2) is 9.97 Å². The third kappa shape index (κ3) is 3.31. The maximum absolute atomic E-state index is 9.75. The van der Waals surface area contributed by atoms with Crippen LogP contribution >= 0.6 is 27.7 Å². The summed E-state index contributed by atoms with van der Waals surface area (Å²) in [5.41, 5.74) is 1.91. The zero-order valence-corrected chi connectivity index (χ0v) is 12.5. The largest absolute Gasteiger partial charge is 0.389 e. The number of aliphatic hydroxyl groups is 1. The van der Waals surface area contributed by atoms with Crippen LogP contribution in [-0.2, 0) is 0 Å². The lowest BCUT2D eigenvalue weighted by Gasteiger charge is -2.11. The molecule has 1 heterocycles. The Morgan fingerprint density at radius 1 is 1.28 bits per heavy atom. The number of aromatic nitrogens is 2. The molecule has 1 unspecified atom stereocenters. The second-order valence-electron chi connectivity index (χ2n) is 4.00. The highest BCUT2D eigenvalue weighted by atomic mass is 79.9. The molecular weight excluding hydrogens is 312 g/mol. The topological polar surface area (TPSA) is 46.0 Å². The lowest BCUT2D eigenvalue weighted by atomic mass is 10.1. The molecule has 0 bridgehead atoms. The van der Waals surface area contributed by atoms with Crippen molar-refractivity contribution in [3.05, 3.63) is 46.2 Å².